The van der Waals surface area contributed by atoms with E-state index in [1.165, 1.54) is 16.8 Å². The van der Waals surface area contributed by atoms with Crippen molar-refractivity contribution in [3.05, 3.63) is 48.4 Å². The predicted molar refractivity (Wildman–Crippen MR) is 97.7 cm³/mol. The smallest absolute Gasteiger partial charge is 0.262 e. The monoisotopic (exact) mass is 376 g/mol. The Hall–Kier alpha value is -2.19. The molecule has 0 saturated carbocycles. The number of benzene rings is 1. The number of carbonyl (C=O) groups excluding carboxylic acids is 1. The van der Waals surface area contributed by atoms with Gasteiger partial charge in [0, 0.05) is 32.4 Å². The number of sulfonamides is 1. The Balaban J connectivity index is 1.63. The first-order valence-corrected chi connectivity index (χ1v) is 10.3. The van der Waals surface area contributed by atoms with Gasteiger partial charge in [0.15, 0.2) is 5.03 Å². The number of hydrogen-bond acceptors (Lipinski definition) is 4. The number of imidazole rings is 1. The van der Waals surface area contributed by atoms with Gasteiger partial charge in [-0.1, -0.05) is 30.3 Å². The molecular weight excluding hydrogens is 352 g/mol. The van der Waals surface area contributed by atoms with Crippen LogP contribution in [0, 0.1) is 5.92 Å². The first-order valence-electron chi connectivity index (χ1n) is 8.84. The molecule has 2 heterocycles. The van der Waals surface area contributed by atoms with Crippen LogP contribution in [0.15, 0.2) is 47.9 Å². The van der Waals surface area contributed by atoms with Crippen LogP contribution in [0.4, 0.5) is 0 Å². The van der Waals surface area contributed by atoms with Crippen LogP contribution < -0.4 is 5.32 Å². The van der Waals surface area contributed by atoms with Crippen LogP contribution in [-0.2, 0) is 27.9 Å². The normalized spacial score (nSPS) is 18.6. The van der Waals surface area contributed by atoms with Crippen LogP contribution in [0.3, 0.4) is 0 Å². The van der Waals surface area contributed by atoms with Crippen LogP contribution in [0.5, 0.6) is 0 Å². The van der Waals surface area contributed by atoms with E-state index >= 15 is 0 Å². The summed E-state index contributed by atoms with van der Waals surface area (Å²) in [6, 6.07) is 9.66. The van der Waals surface area contributed by atoms with E-state index in [-0.39, 0.29) is 23.4 Å². The second-order valence-electron chi connectivity index (χ2n) is 6.45. The fraction of sp³-hybridized carbons (Fsp3) is 0.444. The number of hydrogen-bond donors (Lipinski definition) is 1. The Morgan fingerprint density at radius 1 is 1.31 bits per heavy atom. The van der Waals surface area contributed by atoms with Gasteiger partial charge in [0.05, 0.1) is 12.2 Å². The molecule has 0 bridgehead atoms. The lowest BCUT2D eigenvalue weighted by Crippen LogP contribution is -2.45. The molecule has 2 aromatic rings. The molecule has 0 spiro atoms. The van der Waals surface area contributed by atoms with Gasteiger partial charge in [0.1, 0.15) is 0 Å². The Bertz CT molecular complexity index is 848. The highest BCUT2D eigenvalue weighted by atomic mass is 32.2. The molecule has 1 aliphatic heterocycles. The summed E-state index contributed by atoms with van der Waals surface area (Å²) in [6.07, 6.45) is 4.41. The fourth-order valence-electron chi connectivity index (χ4n) is 3.08. The van der Waals surface area contributed by atoms with E-state index in [0.717, 1.165) is 5.56 Å². The van der Waals surface area contributed by atoms with Crippen LogP contribution >= 0.6 is 0 Å². The second-order valence-corrected chi connectivity index (χ2v) is 8.33. The third kappa shape index (κ3) is 4.13. The molecule has 7 nitrogen and oxygen atoms in total. The maximum absolute atomic E-state index is 12.8. The summed E-state index contributed by atoms with van der Waals surface area (Å²) < 4.78 is 28.7. The van der Waals surface area contributed by atoms with E-state index in [1.807, 2.05) is 37.3 Å². The molecule has 140 valence electrons. The first-order chi connectivity index (χ1) is 12.5. The van der Waals surface area contributed by atoms with Crippen molar-refractivity contribution in [1.29, 1.82) is 0 Å². The van der Waals surface area contributed by atoms with Crippen molar-refractivity contribution in [3.63, 3.8) is 0 Å². The van der Waals surface area contributed by atoms with Gasteiger partial charge >= 0.3 is 0 Å². The van der Waals surface area contributed by atoms with Gasteiger partial charge in [0.25, 0.3) is 10.0 Å². The Labute approximate surface area is 154 Å². The Morgan fingerprint density at radius 2 is 2.08 bits per heavy atom. The van der Waals surface area contributed by atoms with Gasteiger partial charge < -0.3 is 9.88 Å². The van der Waals surface area contributed by atoms with Crippen molar-refractivity contribution in [2.45, 2.75) is 37.9 Å². The van der Waals surface area contributed by atoms with Crippen LogP contribution in [0.1, 0.15) is 25.3 Å². The molecule has 3 rings (SSSR count). The average molecular weight is 376 g/mol. The van der Waals surface area contributed by atoms with Gasteiger partial charge in [-0.15, -0.1) is 0 Å². The van der Waals surface area contributed by atoms with E-state index in [9.17, 15) is 13.2 Å². The highest BCUT2D eigenvalue weighted by Gasteiger charge is 2.34. The number of nitrogens with one attached hydrogen (secondary N) is 1. The fourth-order valence-corrected chi connectivity index (χ4v) is 4.54. The zero-order chi connectivity index (χ0) is 18.6. The third-order valence-electron chi connectivity index (χ3n) is 4.64. The number of carbonyl (C=O) groups is 1. The van der Waals surface area contributed by atoms with E-state index in [1.54, 1.807) is 4.57 Å². The van der Waals surface area contributed by atoms with Crippen molar-refractivity contribution in [1.82, 2.24) is 19.2 Å². The van der Waals surface area contributed by atoms with Crippen LogP contribution in [0.25, 0.3) is 0 Å². The van der Waals surface area contributed by atoms with Gasteiger partial charge in [-0.25, -0.2) is 13.4 Å². The van der Waals surface area contributed by atoms with Crippen molar-refractivity contribution < 1.29 is 13.2 Å². The van der Waals surface area contributed by atoms with E-state index in [0.29, 0.717) is 32.5 Å². The summed E-state index contributed by atoms with van der Waals surface area (Å²) in [6.45, 7) is 3.65. The number of aryl methyl sites for hydroxylation is 1. The third-order valence-corrected chi connectivity index (χ3v) is 6.39. The minimum atomic E-state index is -3.66. The summed E-state index contributed by atoms with van der Waals surface area (Å²) in [4.78, 5) is 16.5. The molecule has 1 fully saturated rings. The lowest BCUT2D eigenvalue weighted by atomic mass is 9.99. The Morgan fingerprint density at radius 3 is 2.77 bits per heavy atom. The number of amides is 1. The molecule has 1 amide bonds. The number of rotatable bonds is 6. The summed E-state index contributed by atoms with van der Waals surface area (Å²) in [5.74, 6) is -0.441. The standard InChI is InChI=1S/C18H24N4O3S/c1-2-21-13-17(20-14-21)26(24,25)22-10-6-9-16(12-22)18(23)19-11-15-7-4-3-5-8-15/h3-5,7-8,13-14,16H,2,6,9-12H2,1H3,(H,19,23). The molecule has 1 saturated heterocycles. The molecule has 1 aromatic heterocycles. The summed E-state index contributed by atoms with van der Waals surface area (Å²) in [7, 11) is -3.66. The second kappa shape index (κ2) is 8.01. The van der Waals surface area contributed by atoms with E-state index < -0.39 is 10.0 Å². The predicted octanol–water partition coefficient (Wildman–Crippen LogP) is 1.62. The van der Waals surface area contributed by atoms with Crippen molar-refractivity contribution in [3.8, 4) is 0 Å². The van der Waals surface area contributed by atoms with Gasteiger partial charge in [-0.3, -0.25) is 4.79 Å². The zero-order valence-corrected chi connectivity index (χ0v) is 15.7. The van der Waals surface area contributed by atoms with Gasteiger partial charge in [-0.05, 0) is 25.3 Å². The van der Waals surface area contributed by atoms with Crippen LogP contribution in [-0.4, -0.2) is 41.3 Å². The number of aromatic nitrogens is 2. The molecule has 1 N–H and O–H groups in total. The molecule has 1 atom stereocenters. The molecule has 1 aromatic carbocycles. The molecule has 26 heavy (non-hydrogen) atoms. The lowest BCUT2D eigenvalue weighted by molar-refractivity contribution is -0.126. The SMILES string of the molecule is CCn1cnc(S(=O)(=O)N2CCCC(C(=O)NCc3ccccc3)C2)c1. The maximum atomic E-state index is 12.8. The van der Waals surface area contributed by atoms with Crippen LogP contribution in [0.2, 0.25) is 0 Å². The first kappa shape index (κ1) is 18.6. The Kier molecular flexibility index (Phi) is 5.73. The van der Waals surface area contributed by atoms with E-state index in [4.69, 9.17) is 0 Å². The molecular formula is C18H24N4O3S. The average Bonchev–Trinajstić information content (AvgIpc) is 3.17. The topological polar surface area (TPSA) is 84.3 Å². The molecule has 8 heteroatoms. The minimum Gasteiger partial charge on any atom is -0.352 e. The largest absolute Gasteiger partial charge is 0.352 e. The number of piperidine rings is 1. The minimum absolute atomic E-state index is 0.0460. The van der Waals surface area contributed by atoms with Gasteiger partial charge in [0.2, 0.25) is 5.91 Å². The molecule has 0 radical (unpaired) electrons. The summed E-state index contributed by atoms with van der Waals surface area (Å²) in [5.41, 5.74) is 1.02. The van der Waals surface area contributed by atoms with Crippen molar-refractivity contribution in [2.24, 2.45) is 5.92 Å². The molecule has 1 aliphatic rings. The summed E-state index contributed by atoms with van der Waals surface area (Å²) >= 11 is 0. The highest BCUT2D eigenvalue weighted by Crippen LogP contribution is 2.23. The molecule has 1 unspecified atom stereocenters. The highest BCUT2D eigenvalue weighted by molar-refractivity contribution is 7.89. The van der Waals surface area contributed by atoms with Crippen molar-refractivity contribution in [2.75, 3.05) is 13.1 Å². The quantitative estimate of drug-likeness (QED) is 0.830. The zero-order valence-electron chi connectivity index (χ0n) is 14.8. The lowest BCUT2D eigenvalue weighted by Gasteiger charge is -2.30. The maximum Gasteiger partial charge on any atom is 0.262 e. The summed E-state index contributed by atoms with van der Waals surface area (Å²) in [5, 5.41) is 2.96. The van der Waals surface area contributed by atoms with E-state index in [2.05, 4.69) is 10.3 Å². The molecule has 0 aliphatic carbocycles. The number of nitrogens with zero attached hydrogens (tertiary/aromatic N) is 3. The van der Waals surface area contributed by atoms with Crippen molar-refractivity contribution >= 4 is 15.9 Å². The van der Waals surface area contributed by atoms with Gasteiger partial charge in [-0.2, -0.15) is 4.31 Å².